The Bertz CT molecular complexity index is 892. The molecule has 2 atom stereocenters. The summed E-state index contributed by atoms with van der Waals surface area (Å²) in [6, 6.07) is 10.1. The number of nitrogens with one attached hydrogen (secondary N) is 1. The molecule has 1 heterocycles. The van der Waals surface area contributed by atoms with Crippen LogP contribution in [-0.4, -0.2) is 53.4 Å². The van der Waals surface area contributed by atoms with Gasteiger partial charge < -0.3 is 15.0 Å². The lowest BCUT2D eigenvalue weighted by Gasteiger charge is -2.25. The molecule has 2 fully saturated rings. The molecule has 9 heteroatoms. The first kappa shape index (κ1) is 21.3. The molecule has 1 saturated carbocycles. The number of hydrogen-bond donors (Lipinski definition) is 1. The number of amides is 4. The Balaban J connectivity index is 1.63. The summed E-state index contributed by atoms with van der Waals surface area (Å²) in [5, 5.41) is 11.5. The van der Waals surface area contributed by atoms with Gasteiger partial charge in [-0.1, -0.05) is 18.2 Å². The van der Waals surface area contributed by atoms with Gasteiger partial charge in [0.25, 0.3) is 11.8 Å². The second kappa shape index (κ2) is 8.53. The summed E-state index contributed by atoms with van der Waals surface area (Å²) in [4.78, 5) is 52.2. The Kier molecular flexibility index (Phi) is 6.06. The second-order valence-corrected chi connectivity index (χ2v) is 7.66. The molecule has 1 aromatic carbocycles. The molecule has 4 amide bonds. The number of carbonyl (C=O) groups excluding carboxylic acids is 4. The van der Waals surface area contributed by atoms with E-state index in [1.165, 1.54) is 11.8 Å². The standard InChI is InChI=1S/C21H24N4O5/c1-14(18(27)24(12-6-11-22)16-7-4-3-5-8-16)30-17(26)13-25-19(28)21(2,15-9-10-15)23-20(25)29/h3-5,7-8,14-15H,6,9-10,12-13H2,1-2H3,(H,23,29). The van der Waals surface area contributed by atoms with Crippen LogP contribution < -0.4 is 10.2 Å². The molecular weight excluding hydrogens is 388 g/mol. The van der Waals surface area contributed by atoms with Crippen LogP contribution in [0.4, 0.5) is 10.5 Å². The first-order valence-electron chi connectivity index (χ1n) is 9.85. The van der Waals surface area contributed by atoms with E-state index in [0.29, 0.717) is 5.69 Å². The number of nitriles is 1. The maximum Gasteiger partial charge on any atom is 0.327 e. The van der Waals surface area contributed by atoms with Crippen LogP contribution in [0.2, 0.25) is 0 Å². The molecule has 0 aromatic heterocycles. The van der Waals surface area contributed by atoms with Gasteiger partial charge in [-0.3, -0.25) is 19.3 Å². The quantitative estimate of drug-likeness (QED) is 0.511. The lowest BCUT2D eigenvalue weighted by atomic mass is 9.96. The van der Waals surface area contributed by atoms with Crippen LogP contribution in [0.15, 0.2) is 30.3 Å². The van der Waals surface area contributed by atoms with Gasteiger partial charge in [-0.05, 0) is 44.7 Å². The Morgan fingerprint density at radius 2 is 2.00 bits per heavy atom. The summed E-state index contributed by atoms with van der Waals surface area (Å²) >= 11 is 0. The van der Waals surface area contributed by atoms with Gasteiger partial charge in [-0.15, -0.1) is 0 Å². The predicted octanol–water partition coefficient (Wildman–Crippen LogP) is 1.59. The first-order chi connectivity index (χ1) is 14.3. The van der Waals surface area contributed by atoms with E-state index in [1.807, 2.05) is 6.07 Å². The minimum atomic E-state index is -1.15. The first-order valence-corrected chi connectivity index (χ1v) is 9.85. The van der Waals surface area contributed by atoms with E-state index in [-0.39, 0.29) is 18.9 Å². The van der Waals surface area contributed by atoms with Gasteiger partial charge in [-0.2, -0.15) is 5.26 Å². The Labute approximate surface area is 174 Å². The normalized spacial score (nSPS) is 21.6. The monoisotopic (exact) mass is 412 g/mol. The van der Waals surface area contributed by atoms with Gasteiger partial charge in [0.2, 0.25) is 0 Å². The highest BCUT2D eigenvalue weighted by Crippen LogP contribution is 2.42. The molecule has 0 bridgehead atoms. The van der Waals surface area contributed by atoms with Gasteiger partial charge in [0.1, 0.15) is 12.1 Å². The van der Waals surface area contributed by atoms with Crippen molar-refractivity contribution in [2.45, 2.75) is 44.8 Å². The number of carbonyl (C=O) groups is 4. The molecule has 9 nitrogen and oxygen atoms in total. The molecule has 2 unspecified atom stereocenters. The Hall–Kier alpha value is -3.41. The lowest BCUT2D eigenvalue weighted by Crippen LogP contribution is -2.46. The SMILES string of the molecule is CC(OC(=O)CN1C(=O)NC(C)(C2CC2)C1=O)C(=O)N(CCC#N)c1ccccc1. The van der Waals surface area contributed by atoms with Gasteiger partial charge in [0.15, 0.2) is 6.10 Å². The Morgan fingerprint density at radius 1 is 1.33 bits per heavy atom. The molecule has 1 aliphatic heterocycles. The average Bonchev–Trinajstić information content (AvgIpc) is 3.55. The van der Waals surface area contributed by atoms with Crippen molar-refractivity contribution in [2.75, 3.05) is 18.0 Å². The number of benzene rings is 1. The topological polar surface area (TPSA) is 120 Å². The number of ether oxygens (including phenoxy) is 1. The Morgan fingerprint density at radius 3 is 2.60 bits per heavy atom. The number of nitrogens with zero attached hydrogens (tertiary/aromatic N) is 3. The van der Waals surface area contributed by atoms with E-state index >= 15 is 0 Å². The van der Waals surface area contributed by atoms with Crippen LogP contribution >= 0.6 is 0 Å². The number of hydrogen-bond acceptors (Lipinski definition) is 6. The molecule has 1 aliphatic carbocycles. The van der Waals surface area contributed by atoms with Crippen molar-refractivity contribution < 1.29 is 23.9 Å². The fourth-order valence-electron chi connectivity index (χ4n) is 3.57. The summed E-state index contributed by atoms with van der Waals surface area (Å²) in [5.41, 5.74) is -0.407. The molecule has 1 N–H and O–H groups in total. The van der Waals surface area contributed by atoms with Crippen molar-refractivity contribution in [3.63, 3.8) is 0 Å². The van der Waals surface area contributed by atoms with E-state index < -0.39 is 42.0 Å². The zero-order valence-corrected chi connectivity index (χ0v) is 17.0. The maximum absolute atomic E-state index is 12.8. The summed E-state index contributed by atoms with van der Waals surface area (Å²) < 4.78 is 5.21. The zero-order valence-electron chi connectivity index (χ0n) is 17.0. The van der Waals surface area contributed by atoms with E-state index in [9.17, 15) is 19.2 Å². The predicted molar refractivity (Wildman–Crippen MR) is 106 cm³/mol. The van der Waals surface area contributed by atoms with E-state index in [1.54, 1.807) is 37.3 Å². The summed E-state index contributed by atoms with van der Waals surface area (Å²) in [6.07, 6.45) is 0.671. The highest BCUT2D eigenvalue weighted by molar-refractivity contribution is 6.09. The summed E-state index contributed by atoms with van der Waals surface area (Å²) in [7, 11) is 0. The number of para-hydroxylation sites is 1. The molecular formula is C21H24N4O5. The van der Waals surface area contributed by atoms with Gasteiger partial charge in [0.05, 0.1) is 12.5 Å². The molecule has 30 heavy (non-hydrogen) atoms. The van der Waals surface area contributed by atoms with Crippen LogP contribution in [0.1, 0.15) is 33.1 Å². The maximum atomic E-state index is 12.8. The lowest BCUT2D eigenvalue weighted by molar-refractivity contribution is -0.156. The highest BCUT2D eigenvalue weighted by Gasteiger charge is 2.56. The fourth-order valence-corrected chi connectivity index (χ4v) is 3.57. The molecule has 0 spiro atoms. The van der Waals surface area contributed by atoms with E-state index in [0.717, 1.165) is 17.7 Å². The van der Waals surface area contributed by atoms with Crippen molar-refractivity contribution in [1.29, 1.82) is 5.26 Å². The van der Waals surface area contributed by atoms with Gasteiger partial charge in [0, 0.05) is 12.2 Å². The molecule has 3 rings (SSSR count). The van der Waals surface area contributed by atoms with Gasteiger partial charge >= 0.3 is 12.0 Å². The molecule has 0 radical (unpaired) electrons. The van der Waals surface area contributed by atoms with Crippen molar-refractivity contribution in [3.05, 3.63) is 30.3 Å². The number of urea groups is 1. The van der Waals surface area contributed by atoms with Crippen LogP contribution in [0.5, 0.6) is 0 Å². The second-order valence-electron chi connectivity index (χ2n) is 7.66. The summed E-state index contributed by atoms with van der Waals surface area (Å²) in [5.74, 6) is -1.72. The molecule has 2 aliphatic rings. The number of imide groups is 1. The summed E-state index contributed by atoms with van der Waals surface area (Å²) in [6.45, 7) is 2.67. The van der Waals surface area contributed by atoms with Crippen LogP contribution in [0.3, 0.4) is 0 Å². The highest BCUT2D eigenvalue weighted by atomic mass is 16.5. The zero-order chi connectivity index (χ0) is 21.9. The van der Waals surface area contributed by atoms with Crippen LogP contribution in [0.25, 0.3) is 0 Å². The third-order valence-corrected chi connectivity index (χ3v) is 5.42. The molecule has 1 aromatic rings. The smallest absolute Gasteiger partial charge is 0.327 e. The number of esters is 1. The van der Waals surface area contributed by atoms with E-state index in [2.05, 4.69) is 5.32 Å². The van der Waals surface area contributed by atoms with Crippen molar-refractivity contribution >= 4 is 29.5 Å². The number of anilines is 1. The van der Waals surface area contributed by atoms with Gasteiger partial charge in [-0.25, -0.2) is 4.79 Å². The molecule has 158 valence electrons. The number of rotatable bonds is 8. The minimum absolute atomic E-state index is 0.0787. The third kappa shape index (κ3) is 4.27. The largest absolute Gasteiger partial charge is 0.451 e. The van der Waals surface area contributed by atoms with E-state index in [4.69, 9.17) is 10.00 Å². The minimum Gasteiger partial charge on any atom is -0.451 e. The molecule has 1 saturated heterocycles. The van der Waals surface area contributed by atoms with Crippen molar-refractivity contribution in [1.82, 2.24) is 10.2 Å². The van der Waals surface area contributed by atoms with Crippen LogP contribution in [0, 0.1) is 17.2 Å². The average molecular weight is 412 g/mol. The third-order valence-electron chi connectivity index (χ3n) is 5.42. The van der Waals surface area contributed by atoms with Crippen molar-refractivity contribution in [3.8, 4) is 6.07 Å². The fraction of sp³-hybridized carbons (Fsp3) is 0.476. The van der Waals surface area contributed by atoms with Crippen molar-refractivity contribution in [2.24, 2.45) is 5.92 Å². The van der Waals surface area contributed by atoms with Crippen LogP contribution in [-0.2, 0) is 19.1 Å².